The van der Waals surface area contributed by atoms with Crippen LogP contribution in [-0.2, 0) is 14.3 Å². The van der Waals surface area contributed by atoms with E-state index in [1.165, 1.54) is 0 Å². The van der Waals surface area contributed by atoms with Crippen LogP contribution in [0.3, 0.4) is 0 Å². The Hall–Kier alpha value is -1.63. The second kappa shape index (κ2) is 7.84. The Balaban J connectivity index is 2.34. The smallest absolute Gasteiger partial charge is 0.325 e. The van der Waals surface area contributed by atoms with Crippen molar-refractivity contribution in [3.63, 3.8) is 0 Å². The van der Waals surface area contributed by atoms with E-state index in [0.717, 1.165) is 4.90 Å². The third-order valence-electron chi connectivity index (χ3n) is 3.02. The molecule has 4 amide bonds. The highest BCUT2D eigenvalue weighted by Gasteiger charge is 2.40. The van der Waals surface area contributed by atoms with Gasteiger partial charge < -0.3 is 15.4 Å². The molecule has 1 aliphatic heterocycles. The van der Waals surface area contributed by atoms with Crippen molar-refractivity contribution in [2.75, 3.05) is 26.3 Å². The van der Waals surface area contributed by atoms with Crippen LogP contribution in [0.25, 0.3) is 0 Å². The van der Waals surface area contributed by atoms with Crippen molar-refractivity contribution in [3.05, 3.63) is 0 Å². The van der Waals surface area contributed by atoms with Gasteiger partial charge >= 0.3 is 6.03 Å². The molecule has 20 heavy (non-hydrogen) atoms. The molecule has 0 aromatic rings. The molecule has 0 aliphatic carbocycles. The molecule has 0 radical (unpaired) electrons. The fraction of sp³-hybridized carbons (Fsp3) is 0.769. The van der Waals surface area contributed by atoms with Crippen LogP contribution >= 0.6 is 0 Å². The fourth-order valence-corrected chi connectivity index (χ4v) is 1.89. The minimum absolute atomic E-state index is 0.00528. The number of imide groups is 1. The van der Waals surface area contributed by atoms with Gasteiger partial charge in [0, 0.05) is 19.8 Å². The van der Waals surface area contributed by atoms with E-state index in [4.69, 9.17) is 4.74 Å². The second-order valence-electron chi connectivity index (χ2n) is 5.00. The fourth-order valence-electron chi connectivity index (χ4n) is 1.89. The summed E-state index contributed by atoms with van der Waals surface area (Å²) < 4.78 is 5.14. The van der Waals surface area contributed by atoms with Crippen molar-refractivity contribution >= 4 is 17.8 Å². The van der Waals surface area contributed by atoms with Crippen molar-refractivity contribution in [1.29, 1.82) is 0 Å². The van der Waals surface area contributed by atoms with E-state index in [1.54, 1.807) is 0 Å². The summed E-state index contributed by atoms with van der Waals surface area (Å²) in [4.78, 5) is 36.2. The lowest BCUT2D eigenvalue weighted by molar-refractivity contribution is -0.132. The Kier molecular flexibility index (Phi) is 6.44. The molecule has 1 rings (SSSR count). The van der Waals surface area contributed by atoms with Gasteiger partial charge in [0.25, 0.3) is 5.91 Å². The highest BCUT2D eigenvalue weighted by atomic mass is 16.5. The molecule has 0 spiro atoms. The van der Waals surface area contributed by atoms with E-state index >= 15 is 0 Å². The largest absolute Gasteiger partial charge is 0.382 e. The summed E-state index contributed by atoms with van der Waals surface area (Å²) in [6.07, 6.45) is 0.703. The third kappa shape index (κ3) is 4.48. The van der Waals surface area contributed by atoms with Gasteiger partial charge in [-0.15, -0.1) is 0 Å². The van der Waals surface area contributed by atoms with Gasteiger partial charge in [-0.25, -0.2) is 4.79 Å². The molecule has 0 aromatic heterocycles. The molecule has 1 saturated heterocycles. The molecule has 0 unspecified atom stereocenters. The predicted molar refractivity (Wildman–Crippen MR) is 73.0 cm³/mol. The number of carbonyl (C=O) groups excluding carboxylic acids is 3. The first-order valence-corrected chi connectivity index (χ1v) is 6.93. The van der Waals surface area contributed by atoms with E-state index in [2.05, 4.69) is 10.6 Å². The molecule has 1 aliphatic rings. The van der Waals surface area contributed by atoms with Crippen molar-refractivity contribution < 1.29 is 19.1 Å². The lowest BCUT2D eigenvalue weighted by Gasteiger charge is -2.14. The van der Waals surface area contributed by atoms with Gasteiger partial charge in [0.2, 0.25) is 5.91 Å². The molecule has 1 heterocycles. The Labute approximate surface area is 119 Å². The molecule has 1 atom stereocenters. The van der Waals surface area contributed by atoms with E-state index in [-0.39, 0.29) is 24.3 Å². The van der Waals surface area contributed by atoms with Gasteiger partial charge in [0.1, 0.15) is 12.6 Å². The van der Waals surface area contributed by atoms with Gasteiger partial charge in [-0.1, -0.05) is 13.8 Å². The van der Waals surface area contributed by atoms with Crippen molar-refractivity contribution in [2.45, 2.75) is 33.2 Å². The molecule has 0 saturated carbocycles. The molecular weight excluding hydrogens is 262 g/mol. The Morgan fingerprint density at radius 1 is 1.45 bits per heavy atom. The van der Waals surface area contributed by atoms with Crippen LogP contribution in [0.2, 0.25) is 0 Å². The van der Waals surface area contributed by atoms with Crippen LogP contribution in [0.4, 0.5) is 4.79 Å². The summed E-state index contributed by atoms with van der Waals surface area (Å²) in [5, 5.41) is 5.24. The maximum atomic E-state index is 12.0. The number of hydrogen-bond donors (Lipinski definition) is 2. The monoisotopic (exact) mass is 285 g/mol. The highest BCUT2D eigenvalue weighted by molar-refractivity contribution is 6.06. The quantitative estimate of drug-likeness (QED) is 0.489. The topological polar surface area (TPSA) is 87.7 Å². The predicted octanol–water partition coefficient (Wildman–Crippen LogP) is 0.106. The zero-order chi connectivity index (χ0) is 15.1. The first-order valence-electron chi connectivity index (χ1n) is 6.93. The normalized spacial score (nSPS) is 18.6. The summed E-state index contributed by atoms with van der Waals surface area (Å²) in [6, 6.07) is -1.04. The number of rotatable bonds is 8. The third-order valence-corrected chi connectivity index (χ3v) is 3.02. The maximum absolute atomic E-state index is 12.0. The van der Waals surface area contributed by atoms with Gasteiger partial charge in [-0.3, -0.25) is 14.5 Å². The van der Waals surface area contributed by atoms with Crippen molar-refractivity contribution in [3.8, 4) is 0 Å². The molecule has 2 N–H and O–H groups in total. The molecule has 7 heteroatoms. The van der Waals surface area contributed by atoms with Gasteiger partial charge in [-0.2, -0.15) is 0 Å². The lowest BCUT2D eigenvalue weighted by atomic mass is 10.1. The molecule has 114 valence electrons. The van der Waals surface area contributed by atoms with Crippen molar-refractivity contribution in [2.24, 2.45) is 5.92 Å². The van der Waals surface area contributed by atoms with Crippen LogP contribution in [0.1, 0.15) is 27.2 Å². The summed E-state index contributed by atoms with van der Waals surface area (Å²) in [6.45, 7) is 7.06. The average molecular weight is 285 g/mol. The molecular formula is C13H23N3O4. The van der Waals surface area contributed by atoms with E-state index in [0.29, 0.717) is 26.2 Å². The number of carbonyl (C=O) groups is 3. The minimum Gasteiger partial charge on any atom is -0.382 e. The first kappa shape index (κ1) is 16.4. The standard InChI is InChI=1S/C13H23N3O4/c1-4-20-7-5-6-14-10(17)8-16-12(18)11(9(2)3)15-13(16)19/h9,11H,4-8H2,1-3H3,(H,14,17)(H,15,19)/t11-/m1/s1. The lowest BCUT2D eigenvalue weighted by Crippen LogP contribution is -2.41. The molecule has 0 aromatic carbocycles. The van der Waals surface area contributed by atoms with Crippen LogP contribution in [0.15, 0.2) is 0 Å². The number of nitrogens with one attached hydrogen (secondary N) is 2. The number of nitrogens with zero attached hydrogens (tertiary/aromatic N) is 1. The molecule has 7 nitrogen and oxygen atoms in total. The van der Waals surface area contributed by atoms with Crippen LogP contribution in [0.5, 0.6) is 0 Å². The Morgan fingerprint density at radius 2 is 2.15 bits per heavy atom. The first-order chi connectivity index (χ1) is 9.47. The zero-order valence-corrected chi connectivity index (χ0v) is 12.3. The Morgan fingerprint density at radius 3 is 2.70 bits per heavy atom. The summed E-state index contributed by atoms with van der Waals surface area (Å²) >= 11 is 0. The van der Waals surface area contributed by atoms with E-state index in [1.807, 2.05) is 20.8 Å². The number of ether oxygens (including phenoxy) is 1. The average Bonchev–Trinajstić information content (AvgIpc) is 2.66. The zero-order valence-electron chi connectivity index (χ0n) is 12.3. The van der Waals surface area contributed by atoms with Crippen LogP contribution in [0, 0.1) is 5.92 Å². The SMILES string of the molecule is CCOCCCNC(=O)CN1C(=O)N[C@H](C(C)C)C1=O. The number of urea groups is 1. The van der Waals surface area contributed by atoms with Crippen molar-refractivity contribution in [1.82, 2.24) is 15.5 Å². The van der Waals surface area contributed by atoms with Gasteiger partial charge in [0.05, 0.1) is 0 Å². The van der Waals surface area contributed by atoms with E-state index < -0.39 is 12.1 Å². The number of hydrogen-bond acceptors (Lipinski definition) is 4. The Bertz CT molecular complexity index is 371. The van der Waals surface area contributed by atoms with Gasteiger partial charge in [-0.05, 0) is 19.3 Å². The maximum Gasteiger partial charge on any atom is 0.325 e. The highest BCUT2D eigenvalue weighted by Crippen LogP contribution is 2.13. The molecule has 1 fully saturated rings. The van der Waals surface area contributed by atoms with Crippen LogP contribution in [-0.4, -0.2) is 55.1 Å². The summed E-state index contributed by atoms with van der Waals surface area (Å²) in [7, 11) is 0. The molecule has 0 bridgehead atoms. The van der Waals surface area contributed by atoms with Crippen LogP contribution < -0.4 is 10.6 Å². The second-order valence-corrected chi connectivity index (χ2v) is 5.00. The van der Waals surface area contributed by atoms with E-state index in [9.17, 15) is 14.4 Å². The summed E-state index contributed by atoms with van der Waals surface area (Å²) in [5.74, 6) is -0.672. The summed E-state index contributed by atoms with van der Waals surface area (Å²) in [5.41, 5.74) is 0. The minimum atomic E-state index is -0.534. The van der Waals surface area contributed by atoms with Gasteiger partial charge in [0.15, 0.2) is 0 Å². The number of amides is 4.